The Bertz CT molecular complexity index is 1480. The standard InChI is InChI=1S/C30H35Cl2N3O5S/c1-6-25(29(37)33-30(2,3)4)34(19-21-16-17-23(31)24(32)18-21)28(36)20-35(26-14-10-11-15-27(26)40-5)41(38,39)22-12-8-7-9-13-22/h7-18,25H,6,19-20H2,1-5H3,(H,33,37). The van der Waals surface area contributed by atoms with Crippen molar-refractivity contribution in [1.29, 1.82) is 0 Å². The van der Waals surface area contributed by atoms with Crippen molar-refractivity contribution in [3.8, 4) is 5.75 Å². The van der Waals surface area contributed by atoms with Gasteiger partial charge in [0, 0.05) is 12.1 Å². The van der Waals surface area contributed by atoms with E-state index in [4.69, 9.17) is 27.9 Å². The Morgan fingerprint density at radius 3 is 2.17 bits per heavy atom. The lowest BCUT2D eigenvalue weighted by molar-refractivity contribution is -0.141. The smallest absolute Gasteiger partial charge is 0.264 e. The molecule has 0 aliphatic rings. The summed E-state index contributed by atoms with van der Waals surface area (Å²) in [6.45, 7) is 6.74. The molecule has 0 saturated carbocycles. The third kappa shape index (κ3) is 8.15. The first-order valence-corrected chi connectivity index (χ1v) is 15.2. The Morgan fingerprint density at radius 1 is 0.951 bits per heavy atom. The number of halogens is 2. The number of benzene rings is 3. The molecule has 0 aliphatic heterocycles. The average Bonchev–Trinajstić information content (AvgIpc) is 2.92. The van der Waals surface area contributed by atoms with Crippen LogP contribution in [-0.4, -0.2) is 50.4 Å². The van der Waals surface area contributed by atoms with Crippen LogP contribution in [0, 0.1) is 0 Å². The average molecular weight is 621 g/mol. The van der Waals surface area contributed by atoms with E-state index in [9.17, 15) is 18.0 Å². The largest absolute Gasteiger partial charge is 0.495 e. The van der Waals surface area contributed by atoms with Crippen LogP contribution >= 0.6 is 23.2 Å². The molecule has 0 spiro atoms. The minimum Gasteiger partial charge on any atom is -0.495 e. The number of nitrogens with one attached hydrogen (secondary N) is 1. The highest BCUT2D eigenvalue weighted by atomic mass is 35.5. The first kappa shape index (κ1) is 32.2. The van der Waals surface area contributed by atoms with Gasteiger partial charge in [0.05, 0.1) is 27.7 Å². The maximum Gasteiger partial charge on any atom is 0.264 e. The van der Waals surface area contributed by atoms with Crippen molar-refractivity contribution >= 4 is 50.7 Å². The Hall–Kier alpha value is -3.27. The third-order valence-electron chi connectivity index (χ3n) is 6.18. The van der Waals surface area contributed by atoms with Crippen molar-refractivity contribution in [3.05, 3.63) is 88.4 Å². The van der Waals surface area contributed by atoms with Crippen LogP contribution in [0.2, 0.25) is 10.0 Å². The van der Waals surface area contributed by atoms with Gasteiger partial charge in [0.25, 0.3) is 10.0 Å². The highest BCUT2D eigenvalue weighted by molar-refractivity contribution is 7.92. The van der Waals surface area contributed by atoms with Crippen LogP contribution in [0.5, 0.6) is 5.75 Å². The molecule has 220 valence electrons. The first-order chi connectivity index (χ1) is 19.3. The van der Waals surface area contributed by atoms with Crippen molar-refractivity contribution in [2.75, 3.05) is 18.0 Å². The quantitative estimate of drug-likeness (QED) is 0.287. The monoisotopic (exact) mass is 619 g/mol. The summed E-state index contributed by atoms with van der Waals surface area (Å²) in [7, 11) is -2.79. The fourth-order valence-corrected chi connectivity index (χ4v) is 6.04. The molecule has 0 bridgehead atoms. The zero-order valence-electron chi connectivity index (χ0n) is 23.7. The molecule has 0 saturated heterocycles. The van der Waals surface area contributed by atoms with Gasteiger partial charge in [0.1, 0.15) is 18.3 Å². The lowest BCUT2D eigenvalue weighted by atomic mass is 10.1. The summed E-state index contributed by atoms with van der Waals surface area (Å²) in [5.74, 6) is -0.672. The van der Waals surface area contributed by atoms with Crippen LogP contribution in [0.25, 0.3) is 0 Å². The van der Waals surface area contributed by atoms with Crippen LogP contribution in [0.3, 0.4) is 0 Å². The zero-order valence-corrected chi connectivity index (χ0v) is 26.1. The van der Waals surface area contributed by atoms with E-state index in [0.29, 0.717) is 15.6 Å². The van der Waals surface area contributed by atoms with Gasteiger partial charge in [-0.2, -0.15) is 0 Å². The molecule has 0 fully saturated rings. The molecular weight excluding hydrogens is 585 g/mol. The number of anilines is 1. The summed E-state index contributed by atoms with van der Waals surface area (Å²) in [5, 5.41) is 3.59. The van der Waals surface area contributed by atoms with Gasteiger partial charge in [0.15, 0.2) is 0 Å². The SMILES string of the molecule is CCC(C(=O)NC(C)(C)C)N(Cc1ccc(Cl)c(Cl)c1)C(=O)CN(c1ccccc1OC)S(=O)(=O)c1ccccc1. The summed E-state index contributed by atoms with van der Waals surface area (Å²) >= 11 is 12.4. The summed E-state index contributed by atoms with van der Waals surface area (Å²) in [4.78, 5) is 29.0. The third-order valence-corrected chi connectivity index (χ3v) is 8.70. The number of rotatable bonds is 11. The number of para-hydroxylation sites is 2. The second-order valence-corrected chi connectivity index (χ2v) is 13.1. The normalized spacial score (nSPS) is 12.4. The molecule has 41 heavy (non-hydrogen) atoms. The fraction of sp³-hybridized carbons (Fsp3) is 0.333. The van der Waals surface area contributed by atoms with Crippen LogP contribution < -0.4 is 14.4 Å². The molecule has 11 heteroatoms. The van der Waals surface area contributed by atoms with E-state index in [1.807, 2.05) is 20.8 Å². The lowest BCUT2D eigenvalue weighted by Gasteiger charge is -2.35. The maximum absolute atomic E-state index is 14.2. The van der Waals surface area contributed by atoms with Gasteiger partial charge in [-0.3, -0.25) is 13.9 Å². The zero-order chi connectivity index (χ0) is 30.4. The Morgan fingerprint density at radius 2 is 1.59 bits per heavy atom. The van der Waals surface area contributed by atoms with Crippen LogP contribution in [0.1, 0.15) is 39.7 Å². The number of carbonyl (C=O) groups excluding carboxylic acids is 2. The number of amides is 2. The number of hydrogen-bond acceptors (Lipinski definition) is 5. The molecule has 3 rings (SSSR count). The topological polar surface area (TPSA) is 96.0 Å². The molecule has 1 N–H and O–H groups in total. The molecule has 3 aromatic carbocycles. The van der Waals surface area contributed by atoms with E-state index in [-0.39, 0.29) is 35.2 Å². The minimum atomic E-state index is -4.22. The van der Waals surface area contributed by atoms with Crippen molar-refractivity contribution in [3.63, 3.8) is 0 Å². The highest BCUT2D eigenvalue weighted by Crippen LogP contribution is 2.33. The number of sulfonamides is 1. The fourth-order valence-electron chi connectivity index (χ4n) is 4.28. The predicted molar refractivity (Wildman–Crippen MR) is 163 cm³/mol. The molecule has 8 nitrogen and oxygen atoms in total. The Balaban J connectivity index is 2.11. The molecule has 0 aliphatic carbocycles. The van der Waals surface area contributed by atoms with E-state index in [1.54, 1.807) is 67.6 Å². The number of nitrogens with zero attached hydrogens (tertiary/aromatic N) is 2. The minimum absolute atomic E-state index is 0.00303. The molecule has 0 radical (unpaired) electrons. The molecule has 1 atom stereocenters. The second kappa shape index (κ2) is 13.6. The van der Waals surface area contributed by atoms with E-state index >= 15 is 0 Å². The lowest BCUT2D eigenvalue weighted by Crippen LogP contribution is -2.55. The van der Waals surface area contributed by atoms with Crippen molar-refractivity contribution in [1.82, 2.24) is 10.2 Å². The first-order valence-electron chi connectivity index (χ1n) is 13.0. The summed E-state index contributed by atoms with van der Waals surface area (Å²) < 4.78 is 34.4. The van der Waals surface area contributed by atoms with E-state index in [1.165, 1.54) is 24.1 Å². The molecule has 1 unspecified atom stereocenters. The van der Waals surface area contributed by atoms with Crippen molar-refractivity contribution in [2.45, 2.75) is 57.1 Å². The molecule has 0 heterocycles. The Kier molecular flexibility index (Phi) is 10.7. The van der Waals surface area contributed by atoms with Crippen molar-refractivity contribution < 1.29 is 22.7 Å². The van der Waals surface area contributed by atoms with Gasteiger partial charge in [0.2, 0.25) is 11.8 Å². The number of hydrogen-bond donors (Lipinski definition) is 1. The van der Waals surface area contributed by atoms with Crippen molar-refractivity contribution in [2.24, 2.45) is 0 Å². The second-order valence-electron chi connectivity index (χ2n) is 10.4. The van der Waals surface area contributed by atoms with Crippen LogP contribution in [0.15, 0.2) is 77.7 Å². The van der Waals surface area contributed by atoms with E-state index < -0.39 is 34.1 Å². The van der Waals surface area contributed by atoms with E-state index in [2.05, 4.69) is 5.32 Å². The van der Waals surface area contributed by atoms with Gasteiger partial charge in [-0.25, -0.2) is 8.42 Å². The molecular formula is C30H35Cl2N3O5S. The number of carbonyl (C=O) groups is 2. The van der Waals surface area contributed by atoms with Gasteiger partial charge in [-0.05, 0) is 69.2 Å². The summed E-state index contributed by atoms with van der Waals surface area (Å²) in [6.07, 6.45) is 0.287. The maximum atomic E-state index is 14.2. The predicted octanol–water partition coefficient (Wildman–Crippen LogP) is 5.92. The van der Waals surface area contributed by atoms with Gasteiger partial charge in [-0.1, -0.05) is 66.5 Å². The van der Waals surface area contributed by atoms with Crippen LogP contribution in [0.4, 0.5) is 5.69 Å². The number of ether oxygens (including phenoxy) is 1. The van der Waals surface area contributed by atoms with Gasteiger partial charge in [-0.15, -0.1) is 0 Å². The molecule has 2 amide bonds. The van der Waals surface area contributed by atoms with Crippen LogP contribution in [-0.2, 0) is 26.2 Å². The molecule has 0 aromatic heterocycles. The Labute approximate surface area is 252 Å². The van der Waals surface area contributed by atoms with Gasteiger partial charge >= 0.3 is 0 Å². The molecule has 3 aromatic rings. The van der Waals surface area contributed by atoms with Gasteiger partial charge < -0.3 is 15.0 Å². The number of methoxy groups -OCH3 is 1. The van der Waals surface area contributed by atoms with E-state index in [0.717, 1.165) is 4.31 Å². The summed E-state index contributed by atoms with van der Waals surface area (Å²) in [6, 6.07) is 18.4. The highest BCUT2D eigenvalue weighted by Gasteiger charge is 2.35. The summed E-state index contributed by atoms with van der Waals surface area (Å²) in [5.41, 5.74) is 0.265.